The highest BCUT2D eigenvalue weighted by molar-refractivity contribution is 7.12. The first-order chi connectivity index (χ1) is 12.9. The van der Waals surface area contributed by atoms with Gasteiger partial charge in [-0.1, -0.05) is 25.3 Å². The maximum absolute atomic E-state index is 12.1. The Morgan fingerprint density at radius 2 is 1.85 bits per heavy atom. The molecule has 2 rings (SSSR count). The third kappa shape index (κ3) is 6.67. The Kier molecular flexibility index (Phi) is 7.78. The summed E-state index contributed by atoms with van der Waals surface area (Å²) in [6, 6.07) is 1.92. The van der Waals surface area contributed by atoms with Crippen LogP contribution < -0.4 is 16.0 Å². The normalized spacial score (nSPS) is 16.7. The van der Waals surface area contributed by atoms with Crippen LogP contribution in [0.1, 0.15) is 55.6 Å². The van der Waals surface area contributed by atoms with Crippen molar-refractivity contribution in [1.82, 2.24) is 16.0 Å². The van der Waals surface area contributed by atoms with Gasteiger partial charge in [-0.2, -0.15) is 0 Å². The average Bonchev–Trinajstić information content (AvgIpc) is 3.17. The number of nitrogens with one attached hydrogen (secondary N) is 3. The first-order valence-corrected chi connectivity index (χ1v) is 9.91. The number of hydrogen-bond donors (Lipinski definition) is 3. The van der Waals surface area contributed by atoms with Gasteiger partial charge in [0.1, 0.15) is 6.04 Å². The van der Waals surface area contributed by atoms with Crippen LogP contribution in [0.25, 0.3) is 0 Å². The second-order valence-electron chi connectivity index (χ2n) is 6.55. The molecule has 0 bridgehead atoms. The summed E-state index contributed by atoms with van der Waals surface area (Å²) in [5.74, 6) is -1.86. The van der Waals surface area contributed by atoms with Crippen LogP contribution >= 0.6 is 11.3 Å². The van der Waals surface area contributed by atoms with Crippen LogP contribution in [0.2, 0.25) is 0 Å². The number of carbonyl (C=O) groups is 4. The molecule has 2 atom stereocenters. The van der Waals surface area contributed by atoms with E-state index in [4.69, 9.17) is 4.74 Å². The highest BCUT2D eigenvalue weighted by Crippen LogP contribution is 2.17. The van der Waals surface area contributed by atoms with E-state index >= 15 is 0 Å². The molecular weight excluding hydrogens is 370 g/mol. The Morgan fingerprint density at radius 3 is 2.48 bits per heavy atom. The molecule has 1 saturated carbocycles. The van der Waals surface area contributed by atoms with Gasteiger partial charge in [0.15, 0.2) is 6.10 Å². The molecule has 1 aliphatic rings. The number of amides is 4. The molecule has 9 heteroatoms. The number of hydrogen-bond acceptors (Lipinski definition) is 6. The zero-order valence-electron chi connectivity index (χ0n) is 15.4. The molecule has 4 amide bonds. The van der Waals surface area contributed by atoms with E-state index in [1.165, 1.54) is 25.2 Å². The molecule has 1 aromatic heterocycles. The summed E-state index contributed by atoms with van der Waals surface area (Å²) in [5, 5.41) is 9.20. The van der Waals surface area contributed by atoms with E-state index in [1.54, 1.807) is 17.5 Å². The summed E-state index contributed by atoms with van der Waals surface area (Å²) in [4.78, 5) is 48.4. The molecule has 0 aliphatic heterocycles. The van der Waals surface area contributed by atoms with E-state index < -0.39 is 36.0 Å². The van der Waals surface area contributed by atoms with Gasteiger partial charge in [-0.25, -0.2) is 9.59 Å². The van der Waals surface area contributed by atoms with E-state index in [-0.39, 0.29) is 6.04 Å². The van der Waals surface area contributed by atoms with E-state index in [0.29, 0.717) is 4.88 Å². The number of ether oxygens (including phenoxy) is 1. The first kappa shape index (κ1) is 20.9. The van der Waals surface area contributed by atoms with Crippen molar-refractivity contribution in [2.24, 2.45) is 0 Å². The number of urea groups is 1. The van der Waals surface area contributed by atoms with Crippen LogP contribution in [0, 0.1) is 0 Å². The molecule has 2 unspecified atom stereocenters. The number of thiophene rings is 1. The van der Waals surface area contributed by atoms with Gasteiger partial charge in [0, 0.05) is 6.04 Å². The summed E-state index contributed by atoms with van der Waals surface area (Å²) in [6.45, 7) is 2.84. The quantitative estimate of drug-likeness (QED) is 0.637. The average molecular weight is 395 g/mol. The van der Waals surface area contributed by atoms with Crippen LogP contribution in [0.3, 0.4) is 0 Å². The largest absolute Gasteiger partial charge is 0.451 e. The SMILES string of the molecule is CC(NC(=O)c1cccs1)C(=O)OC(C)C(=O)NC(=O)NC1CCCCC1. The number of esters is 1. The van der Waals surface area contributed by atoms with Crippen LogP contribution in [-0.4, -0.2) is 42.0 Å². The van der Waals surface area contributed by atoms with Crippen LogP contribution in [0.15, 0.2) is 17.5 Å². The predicted octanol–water partition coefficient (Wildman–Crippen LogP) is 1.96. The van der Waals surface area contributed by atoms with Gasteiger partial charge in [0.25, 0.3) is 11.8 Å². The fourth-order valence-corrected chi connectivity index (χ4v) is 3.37. The van der Waals surface area contributed by atoms with Gasteiger partial charge in [-0.3, -0.25) is 14.9 Å². The van der Waals surface area contributed by atoms with Gasteiger partial charge in [0.05, 0.1) is 4.88 Å². The predicted molar refractivity (Wildman–Crippen MR) is 100 cm³/mol. The van der Waals surface area contributed by atoms with Gasteiger partial charge in [0.2, 0.25) is 0 Å². The van der Waals surface area contributed by atoms with E-state index in [9.17, 15) is 19.2 Å². The number of imide groups is 1. The Hall–Kier alpha value is -2.42. The van der Waals surface area contributed by atoms with Crippen molar-refractivity contribution in [1.29, 1.82) is 0 Å². The maximum Gasteiger partial charge on any atom is 0.329 e. The van der Waals surface area contributed by atoms with Crippen molar-refractivity contribution in [2.75, 3.05) is 0 Å². The standard InChI is InChI=1S/C18H25N3O5S/c1-11(19-16(23)14-9-6-10-27-14)17(24)26-12(2)15(22)21-18(25)20-13-7-4-3-5-8-13/h6,9-13H,3-5,7-8H2,1-2H3,(H,19,23)(H2,20,21,22,25). The molecule has 8 nitrogen and oxygen atoms in total. The molecule has 0 radical (unpaired) electrons. The summed E-state index contributed by atoms with van der Waals surface area (Å²) >= 11 is 1.25. The highest BCUT2D eigenvalue weighted by Gasteiger charge is 2.25. The third-order valence-electron chi connectivity index (χ3n) is 4.29. The third-order valence-corrected chi connectivity index (χ3v) is 5.15. The zero-order chi connectivity index (χ0) is 19.8. The van der Waals surface area contributed by atoms with Gasteiger partial charge < -0.3 is 15.4 Å². The minimum Gasteiger partial charge on any atom is -0.451 e. The molecule has 0 saturated heterocycles. The Morgan fingerprint density at radius 1 is 1.15 bits per heavy atom. The van der Waals surface area contributed by atoms with Gasteiger partial charge >= 0.3 is 12.0 Å². The van der Waals surface area contributed by atoms with Crippen molar-refractivity contribution in [2.45, 2.75) is 64.1 Å². The van der Waals surface area contributed by atoms with Crippen LogP contribution in [-0.2, 0) is 14.3 Å². The van der Waals surface area contributed by atoms with Crippen molar-refractivity contribution in [3.8, 4) is 0 Å². The molecule has 0 spiro atoms. The highest BCUT2D eigenvalue weighted by atomic mass is 32.1. The molecule has 27 heavy (non-hydrogen) atoms. The molecule has 1 aromatic rings. The van der Waals surface area contributed by atoms with Gasteiger partial charge in [-0.15, -0.1) is 11.3 Å². The summed E-state index contributed by atoms with van der Waals surface area (Å²) in [6.07, 6.45) is 3.91. The Labute approximate surface area is 162 Å². The fraction of sp³-hybridized carbons (Fsp3) is 0.556. The second kappa shape index (κ2) is 10.1. The lowest BCUT2D eigenvalue weighted by atomic mass is 9.96. The van der Waals surface area contributed by atoms with Crippen molar-refractivity contribution in [3.05, 3.63) is 22.4 Å². The van der Waals surface area contributed by atoms with Gasteiger partial charge in [-0.05, 0) is 38.1 Å². The molecule has 148 valence electrons. The van der Waals surface area contributed by atoms with Crippen molar-refractivity contribution < 1.29 is 23.9 Å². The molecule has 1 fully saturated rings. The Bertz CT molecular complexity index is 671. The molecule has 1 aliphatic carbocycles. The topological polar surface area (TPSA) is 114 Å². The number of rotatable bonds is 6. The van der Waals surface area contributed by atoms with Crippen LogP contribution in [0.4, 0.5) is 4.79 Å². The minimum atomic E-state index is -1.16. The Balaban J connectivity index is 1.74. The summed E-state index contributed by atoms with van der Waals surface area (Å²) in [5.41, 5.74) is 0. The van der Waals surface area contributed by atoms with Crippen molar-refractivity contribution >= 4 is 35.2 Å². The molecule has 1 heterocycles. The lowest BCUT2D eigenvalue weighted by molar-refractivity contribution is -0.155. The minimum absolute atomic E-state index is 0.0666. The first-order valence-electron chi connectivity index (χ1n) is 9.03. The van der Waals surface area contributed by atoms with Crippen molar-refractivity contribution in [3.63, 3.8) is 0 Å². The molecule has 0 aromatic carbocycles. The summed E-state index contributed by atoms with van der Waals surface area (Å²) < 4.78 is 5.04. The summed E-state index contributed by atoms with van der Waals surface area (Å²) in [7, 11) is 0. The lowest BCUT2D eigenvalue weighted by Gasteiger charge is -2.23. The van der Waals surface area contributed by atoms with Crippen LogP contribution in [0.5, 0.6) is 0 Å². The van der Waals surface area contributed by atoms with E-state index in [0.717, 1.165) is 32.1 Å². The fourth-order valence-electron chi connectivity index (χ4n) is 2.75. The molecule has 3 N–H and O–H groups in total. The smallest absolute Gasteiger partial charge is 0.329 e. The molecular formula is C18H25N3O5S. The number of carbonyl (C=O) groups excluding carboxylic acids is 4. The second-order valence-corrected chi connectivity index (χ2v) is 7.50. The lowest BCUT2D eigenvalue weighted by Crippen LogP contribution is -2.49. The maximum atomic E-state index is 12.1. The zero-order valence-corrected chi connectivity index (χ0v) is 16.3. The van der Waals surface area contributed by atoms with E-state index in [1.807, 2.05) is 0 Å². The van der Waals surface area contributed by atoms with E-state index in [2.05, 4.69) is 16.0 Å². The monoisotopic (exact) mass is 395 g/mol.